The molecule has 1 fully saturated rings. The van der Waals surface area contributed by atoms with Crippen LogP contribution in [-0.4, -0.2) is 31.1 Å². The van der Waals surface area contributed by atoms with Crippen LogP contribution in [0.25, 0.3) is 0 Å². The van der Waals surface area contributed by atoms with Crippen LogP contribution in [0.5, 0.6) is 0 Å². The fourth-order valence-electron chi connectivity index (χ4n) is 2.92. The number of hydrogen-bond donors (Lipinski definition) is 1. The molecule has 0 heterocycles. The Bertz CT molecular complexity index is 493. The van der Waals surface area contributed by atoms with Crippen molar-refractivity contribution in [2.24, 2.45) is 5.41 Å². The Morgan fingerprint density at radius 1 is 1.19 bits per heavy atom. The molecule has 0 aromatic heterocycles. The maximum absolute atomic E-state index is 9.91. The highest BCUT2D eigenvalue weighted by Gasteiger charge is 2.39. The molecule has 3 nitrogen and oxygen atoms in total. The van der Waals surface area contributed by atoms with Crippen molar-refractivity contribution in [1.29, 1.82) is 5.26 Å². The second kappa shape index (κ2) is 6.17. The molecule has 1 aliphatic carbocycles. The lowest BCUT2D eigenvalue weighted by Crippen LogP contribution is -2.51. The summed E-state index contributed by atoms with van der Waals surface area (Å²) in [6.45, 7) is 8.37. The maximum atomic E-state index is 9.91. The molecule has 1 N–H and O–H groups in total. The van der Waals surface area contributed by atoms with Gasteiger partial charge in [0, 0.05) is 19.1 Å². The highest BCUT2D eigenvalue weighted by molar-refractivity contribution is 5.32. The van der Waals surface area contributed by atoms with Gasteiger partial charge in [0.05, 0.1) is 6.07 Å². The first-order valence-electron chi connectivity index (χ1n) is 7.78. The molecule has 2 rings (SSSR count). The van der Waals surface area contributed by atoms with E-state index < -0.39 is 5.54 Å². The van der Waals surface area contributed by atoms with E-state index in [4.69, 9.17) is 0 Å². The van der Waals surface area contributed by atoms with Crippen molar-refractivity contribution in [3.63, 3.8) is 0 Å². The number of nitrogens with one attached hydrogen (secondary N) is 1. The van der Waals surface area contributed by atoms with E-state index in [-0.39, 0.29) is 5.41 Å². The normalized spacial score (nSPS) is 18.3. The van der Waals surface area contributed by atoms with Crippen LogP contribution in [0.1, 0.15) is 39.2 Å². The van der Waals surface area contributed by atoms with Gasteiger partial charge >= 0.3 is 0 Å². The van der Waals surface area contributed by atoms with Gasteiger partial charge in [0.15, 0.2) is 0 Å². The minimum absolute atomic E-state index is 0.228. The van der Waals surface area contributed by atoms with Gasteiger partial charge in [0.1, 0.15) is 5.54 Å². The quantitative estimate of drug-likeness (QED) is 0.873. The molecule has 0 aliphatic heterocycles. The van der Waals surface area contributed by atoms with Gasteiger partial charge in [0.2, 0.25) is 0 Å². The monoisotopic (exact) mass is 285 g/mol. The van der Waals surface area contributed by atoms with Crippen LogP contribution in [0.2, 0.25) is 0 Å². The van der Waals surface area contributed by atoms with Crippen molar-refractivity contribution in [3.8, 4) is 6.07 Å². The Balaban J connectivity index is 2.21. The van der Waals surface area contributed by atoms with E-state index in [1.165, 1.54) is 12.8 Å². The van der Waals surface area contributed by atoms with E-state index in [2.05, 4.69) is 56.2 Å². The smallest absolute Gasteiger partial charge is 0.145 e. The van der Waals surface area contributed by atoms with E-state index >= 15 is 0 Å². The molecule has 0 bridgehead atoms. The second-order valence-electron chi connectivity index (χ2n) is 7.53. The van der Waals surface area contributed by atoms with Crippen LogP contribution in [0.4, 0.5) is 0 Å². The van der Waals surface area contributed by atoms with E-state index in [1.54, 1.807) is 0 Å². The van der Waals surface area contributed by atoms with Crippen molar-refractivity contribution in [3.05, 3.63) is 35.9 Å². The Morgan fingerprint density at radius 2 is 1.81 bits per heavy atom. The zero-order valence-corrected chi connectivity index (χ0v) is 13.7. The molecule has 3 heteroatoms. The Labute approximate surface area is 129 Å². The molecule has 1 aliphatic rings. The van der Waals surface area contributed by atoms with Crippen LogP contribution in [0, 0.1) is 16.7 Å². The van der Waals surface area contributed by atoms with Gasteiger partial charge in [0.25, 0.3) is 0 Å². The summed E-state index contributed by atoms with van der Waals surface area (Å²) in [5.41, 5.74) is 0.689. The Morgan fingerprint density at radius 3 is 2.29 bits per heavy atom. The number of likely N-dealkylation sites (N-methyl/N-ethyl adjacent to an activating group) is 1. The van der Waals surface area contributed by atoms with Crippen LogP contribution >= 0.6 is 0 Å². The lowest BCUT2D eigenvalue weighted by atomic mass is 9.89. The van der Waals surface area contributed by atoms with Crippen LogP contribution in [0.15, 0.2) is 30.3 Å². The topological polar surface area (TPSA) is 39.1 Å². The zero-order chi connectivity index (χ0) is 15.5. The van der Waals surface area contributed by atoms with Gasteiger partial charge in [-0.15, -0.1) is 0 Å². The SMILES string of the molecule is CN(CC(C)(C)C)CC(C#N)(NC1CC1)c1ccccc1. The summed E-state index contributed by atoms with van der Waals surface area (Å²) in [7, 11) is 2.11. The van der Waals surface area contributed by atoms with Crippen molar-refractivity contribution in [2.75, 3.05) is 20.1 Å². The first kappa shape index (κ1) is 16.0. The molecule has 1 unspecified atom stereocenters. The lowest BCUT2D eigenvalue weighted by Gasteiger charge is -2.35. The molecular formula is C18H27N3. The lowest BCUT2D eigenvalue weighted by molar-refractivity contribution is 0.185. The molecule has 0 spiro atoms. The van der Waals surface area contributed by atoms with E-state index in [9.17, 15) is 5.26 Å². The summed E-state index contributed by atoms with van der Waals surface area (Å²) in [5, 5.41) is 13.5. The van der Waals surface area contributed by atoms with Crippen molar-refractivity contribution in [2.45, 2.75) is 45.2 Å². The number of nitrogens with zero attached hydrogens (tertiary/aromatic N) is 2. The molecule has 114 valence electrons. The van der Waals surface area contributed by atoms with Crippen molar-refractivity contribution < 1.29 is 0 Å². The standard InChI is InChI=1S/C18H27N3/c1-17(2,3)13-21(4)14-18(12-19,20-16-10-11-16)15-8-6-5-7-9-15/h5-9,16,20H,10-11,13-14H2,1-4H3. The molecule has 1 aromatic carbocycles. The van der Waals surface area contributed by atoms with Gasteiger partial charge < -0.3 is 4.90 Å². The molecule has 21 heavy (non-hydrogen) atoms. The summed E-state index contributed by atoms with van der Waals surface area (Å²) in [4.78, 5) is 2.27. The van der Waals surface area contributed by atoms with Gasteiger partial charge in [-0.2, -0.15) is 5.26 Å². The van der Waals surface area contributed by atoms with Gasteiger partial charge in [-0.25, -0.2) is 0 Å². The highest BCUT2D eigenvalue weighted by atomic mass is 15.2. The van der Waals surface area contributed by atoms with Crippen molar-refractivity contribution >= 4 is 0 Å². The maximum Gasteiger partial charge on any atom is 0.145 e. The van der Waals surface area contributed by atoms with Gasteiger partial charge in [-0.3, -0.25) is 5.32 Å². The van der Waals surface area contributed by atoms with Crippen LogP contribution < -0.4 is 5.32 Å². The van der Waals surface area contributed by atoms with E-state index in [0.717, 1.165) is 12.1 Å². The first-order chi connectivity index (χ1) is 9.85. The summed E-state index contributed by atoms with van der Waals surface area (Å²) in [6.07, 6.45) is 2.36. The third-order valence-corrected chi connectivity index (χ3v) is 3.74. The molecule has 0 saturated heterocycles. The Hall–Kier alpha value is -1.37. The average Bonchev–Trinajstić information content (AvgIpc) is 3.20. The molecule has 1 saturated carbocycles. The number of benzene rings is 1. The average molecular weight is 285 g/mol. The van der Waals surface area contributed by atoms with Crippen molar-refractivity contribution in [1.82, 2.24) is 10.2 Å². The highest BCUT2D eigenvalue weighted by Crippen LogP contribution is 2.29. The largest absolute Gasteiger partial charge is 0.303 e. The van der Waals surface area contributed by atoms with Gasteiger partial charge in [-0.05, 0) is 30.9 Å². The summed E-state index contributed by atoms with van der Waals surface area (Å²) in [5.74, 6) is 0. The number of rotatable bonds is 6. The summed E-state index contributed by atoms with van der Waals surface area (Å²) in [6, 6.07) is 13.2. The van der Waals surface area contributed by atoms with E-state index in [1.807, 2.05) is 18.2 Å². The van der Waals surface area contributed by atoms with Crippen LogP contribution in [0.3, 0.4) is 0 Å². The predicted molar refractivity (Wildman–Crippen MR) is 86.8 cm³/mol. The van der Waals surface area contributed by atoms with Gasteiger partial charge in [-0.1, -0.05) is 51.1 Å². The minimum atomic E-state index is -0.609. The fraction of sp³-hybridized carbons (Fsp3) is 0.611. The minimum Gasteiger partial charge on any atom is -0.303 e. The third-order valence-electron chi connectivity index (χ3n) is 3.74. The molecule has 0 amide bonds. The molecule has 0 radical (unpaired) electrons. The third kappa shape index (κ3) is 4.56. The van der Waals surface area contributed by atoms with Crippen LogP contribution in [-0.2, 0) is 5.54 Å². The molecule has 1 aromatic rings. The number of hydrogen-bond acceptors (Lipinski definition) is 3. The zero-order valence-electron chi connectivity index (χ0n) is 13.7. The first-order valence-corrected chi connectivity index (χ1v) is 7.78. The second-order valence-corrected chi connectivity index (χ2v) is 7.53. The predicted octanol–water partition coefficient (Wildman–Crippen LogP) is 3.14. The number of nitriles is 1. The Kier molecular flexibility index (Phi) is 4.70. The molecular weight excluding hydrogens is 258 g/mol. The summed E-state index contributed by atoms with van der Waals surface area (Å²) < 4.78 is 0. The summed E-state index contributed by atoms with van der Waals surface area (Å²) >= 11 is 0. The fourth-order valence-corrected chi connectivity index (χ4v) is 2.92. The van der Waals surface area contributed by atoms with E-state index in [0.29, 0.717) is 12.6 Å². The molecule has 1 atom stereocenters.